The standard InChI is InChI=1S/C13H18O/c1-4-11-7-12-9(2)5-6-10(3)13(12)8-14-11/h5-6,11H,4,7-8H2,1-3H3. The van der Waals surface area contributed by atoms with Crippen LogP contribution in [0.1, 0.15) is 35.6 Å². The van der Waals surface area contributed by atoms with Gasteiger partial charge in [0.05, 0.1) is 12.7 Å². The third-order valence-corrected chi connectivity index (χ3v) is 3.25. The van der Waals surface area contributed by atoms with Crippen molar-refractivity contribution in [1.82, 2.24) is 0 Å². The Bertz CT molecular complexity index is 341. The van der Waals surface area contributed by atoms with Gasteiger partial charge >= 0.3 is 0 Å². The minimum absolute atomic E-state index is 0.433. The molecule has 1 aromatic rings. The summed E-state index contributed by atoms with van der Waals surface area (Å²) in [7, 11) is 0. The van der Waals surface area contributed by atoms with E-state index >= 15 is 0 Å². The molecule has 1 atom stereocenters. The number of hydrogen-bond acceptors (Lipinski definition) is 1. The fraction of sp³-hybridized carbons (Fsp3) is 0.538. The van der Waals surface area contributed by atoms with Crippen molar-refractivity contribution >= 4 is 0 Å². The van der Waals surface area contributed by atoms with E-state index in [0.29, 0.717) is 6.10 Å². The van der Waals surface area contributed by atoms with E-state index < -0.39 is 0 Å². The second-order valence-corrected chi connectivity index (χ2v) is 4.20. The molecule has 0 aromatic heterocycles. The van der Waals surface area contributed by atoms with Crippen molar-refractivity contribution in [3.8, 4) is 0 Å². The van der Waals surface area contributed by atoms with E-state index in [-0.39, 0.29) is 0 Å². The molecule has 0 radical (unpaired) electrons. The fourth-order valence-corrected chi connectivity index (χ4v) is 2.16. The van der Waals surface area contributed by atoms with Crippen LogP contribution in [0.3, 0.4) is 0 Å². The van der Waals surface area contributed by atoms with Crippen LogP contribution in [0.25, 0.3) is 0 Å². The third kappa shape index (κ3) is 1.57. The van der Waals surface area contributed by atoms with Crippen LogP contribution in [0.4, 0.5) is 0 Å². The number of benzene rings is 1. The molecule has 1 aliphatic rings. The van der Waals surface area contributed by atoms with Crippen molar-refractivity contribution < 1.29 is 4.74 Å². The second-order valence-electron chi connectivity index (χ2n) is 4.20. The second kappa shape index (κ2) is 3.74. The summed E-state index contributed by atoms with van der Waals surface area (Å²) in [5, 5.41) is 0. The first-order valence-corrected chi connectivity index (χ1v) is 5.42. The van der Waals surface area contributed by atoms with Gasteiger partial charge in [-0.05, 0) is 48.9 Å². The van der Waals surface area contributed by atoms with Crippen molar-refractivity contribution in [2.24, 2.45) is 0 Å². The highest BCUT2D eigenvalue weighted by Gasteiger charge is 2.20. The van der Waals surface area contributed by atoms with Crippen LogP contribution in [0.5, 0.6) is 0 Å². The van der Waals surface area contributed by atoms with Gasteiger partial charge < -0.3 is 4.74 Å². The van der Waals surface area contributed by atoms with Gasteiger partial charge in [0.1, 0.15) is 0 Å². The molecule has 1 nitrogen and oxygen atoms in total. The number of hydrogen-bond donors (Lipinski definition) is 0. The van der Waals surface area contributed by atoms with E-state index in [1.54, 1.807) is 0 Å². The van der Waals surface area contributed by atoms with Crippen LogP contribution < -0.4 is 0 Å². The molecular formula is C13H18O. The summed E-state index contributed by atoms with van der Waals surface area (Å²) in [6.07, 6.45) is 2.65. The lowest BCUT2D eigenvalue weighted by Gasteiger charge is -2.27. The van der Waals surface area contributed by atoms with Gasteiger partial charge in [-0.15, -0.1) is 0 Å². The Labute approximate surface area is 86.1 Å². The summed E-state index contributed by atoms with van der Waals surface area (Å²) in [5.41, 5.74) is 5.75. The average Bonchev–Trinajstić information content (AvgIpc) is 2.23. The maximum Gasteiger partial charge on any atom is 0.0726 e. The van der Waals surface area contributed by atoms with E-state index in [0.717, 1.165) is 19.4 Å². The SMILES string of the molecule is CCC1Cc2c(C)ccc(C)c2CO1. The zero-order valence-electron chi connectivity index (χ0n) is 9.26. The summed E-state index contributed by atoms with van der Waals surface area (Å²) in [6.45, 7) is 7.38. The molecular weight excluding hydrogens is 172 g/mol. The van der Waals surface area contributed by atoms with Gasteiger partial charge in [0, 0.05) is 0 Å². The summed E-state index contributed by atoms with van der Waals surface area (Å²) in [6, 6.07) is 4.43. The Kier molecular flexibility index (Phi) is 2.60. The maximum atomic E-state index is 5.79. The van der Waals surface area contributed by atoms with Crippen LogP contribution >= 0.6 is 0 Å². The predicted molar refractivity (Wildman–Crippen MR) is 58.5 cm³/mol. The van der Waals surface area contributed by atoms with Gasteiger partial charge in [-0.25, -0.2) is 0 Å². The van der Waals surface area contributed by atoms with E-state index in [1.165, 1.54) is 22.3 Å². The topological polar surface area (TPSA) is 9.23 Å². The predicted octanol–water partition coefficient (Wildman–Crippen LogP) is 3.15. The number of ether oxygens (including phenoxy) is 1. The Morgan fingerprint density at radius 2 is 1.86 bits per heavy atom. The lowest BCUT2D eigenvalue weighted by Crippen LogP contribution is -2.23. The highest BCUT2D eigenvalue weighted by Crippen LogP contribution is 2.27. The van der Waals surface area contributed by atoms with Gasteiger partial charge in [-0.3, -0.25) is 0 Å². The molecule has 76 valence electrons. The zero-order valence-corrected chi connectivity index (χ0v) is 9.26. The molecule has 1 heteroatoms. The Morgan fingerprint density at radius 1 is 1.21 bits per heavy atom. The maximum absolute atomic E-state index is 5.79. The van der Waals surface area contributed by atoms with Crippen LogP contribution in [0.2, 0.25) is 0 Å². The molecule has 1 aromatic carbocycles. The number of fused-ring (bicyclic) bond motifs is 1. The van der Waals surface area contributed by atoms with Crippen LogP contribution in [0.15, 0.2) is 12.1 Å². The van der Waals surface area contributed by atoms with Crippen molar-refractivity contribution in [3.05, 3.63) is 34.4 Å². The summed E-state index contributed by atoms with van der Waals surface area (Å²) in [4.78, 5) is 0. The molecule has 1 aliphatic heterocycles. The summed E-state index contributed by atoms with van der Waals surface area (Å²) >= 11 is 0. The molecule has 0 spiro atoms. The minimum Gasteiger partial charge on any atom is -0.373 e. The van der Waals surface area contributed by atoms with Crippen molar-refractivity contribution in [2.75, 3.05) is 0 Å². The molecule has 0 saturated heterocycles. The summed E-state index contributed by atoms with van der Waals surface area (Å²) < 4.78 is 5.79. The van der Waals surface area contributed by atoms with Gasteiger partial charge in [0.2, 0.25) is 0 Å². The van der Waals surface area contributed by atoms with Crippen molar-refractivity contribution in [2.45, 2.75) is 46.3 Å². The smallest absolute Gasteiger partial charge is 0.0726 e. The van der Waals surface area contributed by atoms with Gasteiger partial charge in [-0.1, -0.05) is 19.1 Å². The molecule has 1 unspecified atom stereocenters. The summed E-state index contributed by atoms with van der Waals surface area (Å²) in [5.74, 6) is 0. The molecule has 0 N–H and O–H groups in total. The highest BCUT2D eigenvalue weighted by molar-refractivity contribution is 5.41. The first kappa shape index (κ1) is 9.72. The first-order valence-electron chi connectivity index (χ1n) is 5.42. The number of rotatable bonds is 1. The van der Waals surface area contributed by atoms with Gasteiger partial charge in [0.15, 0.2) is 0 Å². The molecule has 0 aliphatic carbocycles. The third-order valence-electron chi connectivity index (χ3n) is 3.25. The van der Waals surface area contributed by atoms with Crippen LogP contribution in [-0.2, 0) is 17.8 Å². The van der Waals surface area contributed by atoms with Crippen molar-refractivity contribution in [1.29, 1.82) is 0 Å². The number of aryl methyl sites for hydroxylation is 2. The van der Waals surface area contributed by atoms with Crippen molar-refractivity contribution in [3.63, 3.8) is 0 Å². The average molecular weight is 190 g/mol. The fourth-order valence-electron chi connectivity index (χ4n) is 2.16. The van der Waals surface area contributed by atoms with Gasteiger partial charge in [0.25, 0.3) is 0 Å². The largest absolute Gasteiger partial charge is 0.373 e. The lowest BCUT2D eigenvalue weighted by molar-refractivity contribution is 0.0258. The first-order chi connectivity index (χ1) is 6.72. The Morgan fingerprint density at radius 3 is 2.50 bits per heavy atom. The van der Waals surface area contributed by atoms with E-state index in [4.69, 9.17) is 4.74 Å². The lowest BCUT2D eigenvalue weighted by atomic mass is 9.91. The molecule has 0 amide bonds. The Hall–Kier alpha value is -0.820. The molecule has 0 bridgehead atoms. The molecule has 2 rings (SSSR count). The molecule has 1 heterocycles. The molecule has 0 saturated carbocycles. The van der Waals surface area contributed by atoms with Gasteiger partial charge in [-0.2, -0.15) is 0 Å². The van der Waals surface area contributed by atoms with Crippen LogP contribution in [0, 0.1) is 13.8 Å². The monoisotopic (exact) mass is 190 g/mol. The molecule has 0 fully saturated rings. The van der Waals surface area contributed by atoms with E-state index in [2.05, 4.69) is 32.9 Å². The van der Waals surface area contributed by atoms with Crippen LogP contribution in [-0.4, -0.2) is 6.10 Å². The Balaban J connectivity index is 2.40. The van der Waals surface area contributed by atoms with E-state index in [9.17, 15) is 0 Å². The quantitative estimate of drug-likeness (QED) is 0.661. The minimum atomic E-state index is 0.433. The molecule has 14 heavy (non-hydrogen) atoms. The van der Waals surface area contributed by atoms with E-state index in [1.807, 2.05) is 0 Å². The normalized spacial score (nSPS) is 20.6. The zero-order chi connectivity index (χ0) is 10.1. The highest BCUT2D eigenvalue weighted by atomic mass is 16.5.